The van der Waals surface area contributed by atoms with Crippen LogP contribution in [0.15, 0.2) is 212 Å². The van der Waals surface area contributed by atoms with Crippen molar-refractivity contribution in [2.45, 2.75) is 0 Å². The highest BCUT2D eigenvalue weighted by molar-refractivity contribution is 7.26. The maximum Gasteiger partial charge on any atom is 0.0540 e. The van der Waals surface area contributed by atoms with Gasteiger partial charge in [-0.25, -0.2) is 0 Å². The average molecular weight is 730 g/mol. The maximum absolute atomic E-state index is 2.40. The summed E-state index contributed by atoms with van der Waals surface area (Å²) in [4.78, 5) is 2.40. The van der Waals surface area contributed by atoms with E-state index in [4.69, 9.17) is 0 Å². The fourth-order valence-corrected chi connectivity index (χ4v) is 9.81. The van der Waals surface area contributed by atoms with E-state index in [2.05, 4.69) is 217 Å². The molecule has 0 aliphatic rings. The summed E-state index contributed by atoms with van der Waals surface area (Å²) >= 11 is 1.89. The number of thiophene rings is 1. The van der Waals surface area contributed by atoms with Crippen LogP contribution in [-0.4, -0.2) is 0 Å². The summed E-state index contributed by atoms with van der Waals surface area (Å²) in [5, 5.41) is 10.4. The molecule has 0 saturated carbocycles. The molecule has 0 unspecified atom stereocenters. The van der Waals surface area contributed by atoms with Crippen LogP contribution in [0, 0.1) is 0 Å². The molecule has 2 heteroatoms. The summed E-state index contributed by atoms with van der Waals surface area (Å²) in [5.74, 6) is 0. The predicted molar refractivity (Wildman–Crippen MR) is 243 cm³/mol. The second-order valence-corrected chi connectivity index (χ2v) is 15.5. The third-order valence-corrected chi connectivity index (χ3v) is 12.5. The third-order valence-electron chi connectivity index (χ3n) is 11.3. The molecule has 0 amide bonds. The van der Waals surface area contributed by atoms with Crippen molar-refractivity contribution >= 4 is 80.9 Å². The van der Waals surface area contributed by atoms with E-state index in [9.17, 15) is 0 Å². The Hall–Kier alpha value is -7.00. The molecule has 11 aromatic rings. The van der Waals surface area contributed by atoms with Crippen LogP contribution >= 0.6 is 11.3 Å². The highest BCUT2D eigenvalue weighted by atomic mass is 32.1. The molecule has 1 heterocycles. The summed E-state index contributed by atoms with van der Waals surface area (Å²) < 4.78 is 2.67. The quantitative estimate of drug-likeness (QED) is 0.154. The van der Waals surface area contributed by atoms with Crippen molar-refractivity contribution in [2.24, 2.45) is 0 Å². The van der Waals surface area contributed by atoms with Gasteiger partial charge in [0.25, 0.3) is 0 Å². The van der Waals surface area contributed by atoms with E-state index in [1.807, 2.05) is 11.3 Å². The molecule has 1 aromatic heterocycles. The fourth-order valence-electron chi connectivity index (χ4n) is 8.53. The van der Waals surface area contributed by atoms with Crippen LogP contribution in [-0.2, 0) is 0 Å². The SMILES string of the molecule is c1ccc(-c2ccccc2N(c2ccc(-c3ccc4c(c3)sc3c5ccccc5ccc43)cc2)c2ccc(-c3cc4ccccc4c4ccccc34)cc2)cc1. The van der Waals surface area contributed by atoms with Crippen LogP contribution in [0.5, 0.6) is 0 Å². The molecule has 0 radical (unpaired) electrons. The highest BCUT2D eigenvalue weighted by Crippen LogP contribution is 2.44. The molecule has 0 aliphatic heterocycles. The lowest BCUT2D eigenvalue weighted by molar-refractivity contribution is 1.28. The summed E-state index contributed by atoms with van der Waals surface area (Å²) in [6.45, 7) is 0. The minimum Gasteiger partial charge on any atom is -0.310 e. The minimum atomic E-state index is 1.11. The Kier molecular flexibility index (Phi) is 7.75. The molecule has 0 fully saturated rings. The van der Waals surface area contributed by atoms with Gasteiger partial charge in [0.2, 0.25) is 0 Å². The van der Waals surface area contributed by atoms with Gasteiger partial charge in [0, 0.05) is 37.1 Å². The predicted octanol–water partition coefficient (Wildman–Crippen LogP) is 16.0. The normalized spacial score (nSPS) is 11.6. The van der Waals surface area contributed by atoms with Crippen molar-refractivity contribution < 1.29 is 0 Å². The zero-order valence-corrected chi connectivity index (χ0v) is 31.4. The number of anilines is 3. The standard InChI is InChI=1S/C54H35NS/c1-2-12-37(13-3-1)45-17-10-11-21-52(45)55(43-30-24-39(25-31-43)51-34-41-15-5-6-16-44(41)47-19-8-9-20-48(47)51)42-28-22-36(23-29-42)40-27-32-49-50-33-26-38-14-4-7-18-46(38)54(50)56-53(49)35-40/h1-35H. The lowest BCUT2D eigenvalue weighted by Crippen LogP contribution is -2.11. The largest absolute Gasteiger partial charge is 0.310 e. The lowest BCUT2D eigenvalue weighted by Gasteiger charge is -2.28. The van der Waals surface area contributed by atoms with Gasteiger partial charge in [-0.05, 0) is 103 Å². The Bertz CT molecular complexity index is 3230. The van der Waals surface area contributed by atoms with E-state index in [0.29, 0.717) is 0 Å². The van der Waals surface area contributed by atoms with Crippen molar-refractivity contribution in [1.82, 2.24) is 0 Å². The van der Waals surface area contributed by atoms with Crippen LogP contribution in [0.4, 0.5) is 17.1 Å². The molecular weight excluding hydrogens is 695 g/mol. The van der Waals surface area contributed by atoms with Gasteiger partial charge in [-0.1, -0.05) is 170 Å². The molecule has 10 aromatic carbocycles. The summed E-state index contributed by atoms with van der Waals surface area (Å²) in [5.41, 5.74) is 10.6. The number of fused-ring (bicyclic) bond motifs is 8. The molecule has 0 N–H and O–H groups in total. The first-order valence-corrected chi connectivity index (χ1v) is 20.0. The van der Waals surface area contributed by atoms with Crippen molar-refractivity contribution in [2.75, 3.05) is 4.90 Å². The molecule has 1 nitrogen and oxygen atoms in total. The summed E-state index contributed by atoms with van der Waals surface area (Å²) in [7, 11) is 0. The van der Waals surface area contributed by atoms with E-state index in [1.165, 1.54) is 85.9 Å². The van der Waals surface area contributed by atoms with Gasteiger partial charge in [-0.3, -0.25) is 0 Å². The number of para-hydroxylation sites is 1. The van der Waals surface area contributed by atoms with Crippen LogP contribution in [0.3, 0.4) is 0 Å². The second-order valence-electron chi connectivity index (χ2n) is 14.5. The van der Waals surface area contributed by atoms with Crippen LogP contribution in [0.25, 0.3) is 85.9 Å². The van der Waals surface area contributed by atoms with Gasteiger partial charge in [-0.2, -0.15) is 0 Å². The Morgan fingerprint density at radius 2 is 0.875 bits per heavy atom. The fraction of sp³-hybridized carbons (Fsp3) is 0. The first-order valence-electron chi connectivity index (χ1n) is 19.2. The zero-order valence-electron chi connectivity index (χ0n) is 30.6. The molecule has 0 saturated heterocycles. The van der Waals surface area contributed by atoms with E-state index in [-0.39, 0.29) is 0 Å². The van der Waals surface area contributed by atoms with Gasteiger partial charge in [0.15, 0.2) is 0 Å². The van der Waals surface area contributed by atoms with Crippen molar-refractivity contribution in [1.29, 1.82) is 0 Å². The Morgan fingerprint density at radius 1 is 0.304 bits per heavy atom. The van der Waals surface area contributed by atoms with Crippen LogP contribution in [0.2, 0.25) is 0 Å². The molecule has 0 bridgehead atoms. The Labute approximate surface area is 330 Å². The summed E-state index contributed by atoms with van der Waals surface area (Å²) in [6, 6.07) is 77.6. The first kappa shape index (κ1) is 32.4. The van der Waals surface area contributed by atoms with E-state index in [0.717, 1.165) is 17.1 Å². The molecule has 0 spiro atoms. The van der Waals surface area contributed by atoms with Crippen LogP contribution in [0.1, 0.15) is 0 Å². The van der Waals surface area contributed by atoms with E-state index in [1.54, 1.807) is 0 Å². The van der Waals surface area contributed by atoms with E-state index < -0.39 is 0 Å². The van der Waals surface area contributed by atoms with Gasteiger partial charge < -0.3 is 4.90 Å². The molecule has 11 rings (SSSR count). The number of hydrogen-bond donors (Lipinski definition) is 0. The Morgan fingerprint density at radius 3 is 1.66 bits per heavy atom. The number of nitrogens with zero attached hydrogens (tertiary/aromatic N) is 1. The minimum absolute atomic E-state index is 1.11. The van der Waals surface area contributed by atoms with Crippen molar-refractivity contribution in [3.8, 4) is 33.4 Å². The second kappa shape index (κ2) is 13.4. The average Bonchev–Trinajstić information content (AvgIpc) is 3.66. The molecule has 0 atom stereocenters. The number of rotatable bonds is 6. The Balaban J connectivity index is 1.01. The lowest BCUT2D eigenvalue weighted by atomic mass is 9.93. The van der Waals surface area contributed by atoms with Crippen molar-refractivity contribution in [3.05, 3.63) is 212 Å². The molecule has 0 aliphatic carbocycles. The smallest absolute Gasteiger partial charge is 0.0540 e. The van der Waals surface area contributed by atoms with Crippen LogP contribution < -0.4 is 4.90 Å². The van der Waals surface area contributed by atoms with E-state index >= 15 is 0 Å². The number of benzene rings is 10. The maximum atomic E-state index is 2.40. The topological polar surface area (TPSA) is 3.24 Å². The molecule has 56 heavy (non-hydrogen) atoms. The van der Waals surface area contributed by atoms with Gasteiger partial charge in [-0.15, -0.1) is 11.3 Å². The third kappa shape index (κ3) is 5.46. The highest BCUT2D eigenvalue weighted by Gasteiger charge is 2.18. The van der Waals surface area contributed by atoms with Gasteiger partial charge in [0.1, 0.15) is 0 Å². The number of hydrogen-bond acceptors (Lipinski definition) is 2. The summed E-state index contributed by atoms with van der Waals surface area (Å²) in [6.07, 6.45) is 0. The van der Waals surface area contributed by atoms with Crippen molar-refractivity contribution in [3.63, 3.8) is 0 Å². The van der Waals surface area contributed by atoms with Gasteiger partial charge in [0.05, 0.1) is 5.69 Å². The molecular formula is C54H35NS. The van der Waals surface area contributed by atoms with Gasteiger partial charge >= 0.3 is 0 Å². The zero-order chi connectivity index (χ0) is 37.0. The first-order chi connectivity index (χ1) is 27.8. The molecule has 262 valence electrons. The monoisotopic (exact) mass is 729 g/mol.